The Bertz CT molecular complexity index is 547. The van der Waals surface area contributed by atoms with Crippen molar-refractivity contribution in [3.8, 4) is 0 Å². The molecule has 1 aliphatic heterocycles. The second kappa shape index (κ2) is 5.51. The van der Waals surface area contributed by atoms with E-state index in [4.69, 9.17) is 0 Å². The molecule has 1 N–H and O–H groups in total. The average Bonchev–Trinajstić information content (AvgIpc) is 2.38. The van der Waals surface area contributed by atoms with Gasteiger partial charge in [0.1, 0.15) is 0 Å². The molecule has 1 fully saturated rings. The standard InChI is InChI=1S/C16H25NO2S/c1-16(2,3)13-5-7-15(8-6-13)20(4,19)17-11-9-14(18)10-12-17/h5-8,14,18H,4,9-12H2,1-3H3. The molecule has 1 aliphatic rings. The first-order valence-corrected chi connectivity index (χ1v) is 8.80. The minimum Gasteiger partial charge on any atom is -0.393 e. The summed E-state index contributed by atoms with van der Waals surface area (Å²) in [6, 6.07) is 7.94. The zero-order valence-corrected chi connectivity index (χ0v) is 13.4. The number of hydrogen-bond acceptors (Lipinski definition) is 2. The Morgan fingerprint density at radius 3 is 2.15 bits per heavy atom. The summed E-state index contributed by atoms with van der Waals surface area (Å²) in [5.74, 6) is 3.95. The first-order chi connectivity index (χ1) is 9.21. The summed E-state index contributed by atoms with van der Waals surface area (Å²) in [7, 11) is -2.43. The van der Waals surface area contributed by atoms with E-state index in [0.717, 1.165) is 4.90 Å². The number of nitrogens with zero attached hydrogens (tertiary/aromatic N) is 1. The van der Waals surface area contributed by atoms with Gasteiger partial charge in [0, 0.05) is 18.0 Å². The Labute approximate surface area is 122 Å². The highest BCUT2D eigenvalue weighted by atomic mass is 32.2. The van der Waals surface area contributed by atoms with Crippen molar-refractivity contribution >= 4 is 15.6 Å². The van der Waals surface area contributed by atoms with Crippen molar-refractivity contribution in [3.05, 3.63) is 29.8 Å². The highest BCUT2D eigenvalue weighted by molar-refractivity contribution is 7.98. The minimum absolute atomic E-state index is 0.0931. The van der Waals surface area contributed by atoms with E-state index in [9.17, 15) is 9.32 Å². The Morgan fingerprint density at radius 1 is 1.20 bits per heavy atom. The predicted molar refractivity (Wildman–Crippen MR) is 85.5 cm³/mol. The quantitative estimate of drug-likeness (QED) is 0.851. The first kappa shape index (κ1) is 15.5. The van der Waals surface area contributed by atoms with Crippen molar-refractivity contribution < 1.29 is 9.32 Å². The van der Waals surface area contributed by atoms with Crippen LogP contribution >= 0.6 is 0 Å². The molecule has 4 heteroatoms. The van der Waals surface area contributed by atoms with E-state index < -0.39 is 9.71 Å². The maximum absolute atomic E-state index is 12.9. The van der Waals surface area contributed by atoms with Gasteiger partial charge in [0.2, 0.25) is 0 Å². The van der Waals surface area contributed by atoms with Gasteiger partial charge in [-0.25, -0.2) is 8.51 Å². The van der Waals surface area contributed by atoms with Crippen LogP contribution in [0.2, 0.25) is 0 Å². The molecule has 3 nitrogen and oxygen atoms in total. The van der Waals surface area contributed by atoms with Crippen molar-refractivity contribution in [1.82, 2.24) is 4.31 Å². The number of aliphatic hydroxyl groups excluding tert-OH is 1. The van der Waals surface area contributed by atoms with Gasteiger partial charge in [0.15, 0.2) is 0 Å². The fourth-order valence-electron chi connectivity index (χ4n) is 2.45. The summed E-state index contributed by atoms with van der Waals surface area (Å²) in [5.41, 5.74) is 1.32. The Balaban J connectivity index is 2.22. The fraction of sp³-hybridized carbons (Fsp3) is 0.562. The number of hydrogen-bond donors (Lipinski definition) is 1. The summed E-state index contributed by atoms with van der Waals surface area (Å²) in [6.45, 7) is 7.77. The van der Waals surface area contributed by atoms with Crippen LogP contribution in [0, 0.1) is 0 Å². The lowest BCUT2D eigenvalue weighted by Crippen LogP contribution is -2.39. The van der Waals surface area contributed by atoms with Crippen molar-refractivity contribution in [2.75, 3.05) is 13.1 Å². The molecule has 0 spiro atoms. The van der Waals surface area contributed by atoms with Gasteiger partial charge in [0.05, 0.1) is 15.8 Å². The lowest BCUT2D eigenvalue weighted by molar-refractivity contribution is 0.114. The molecule has 2 rings (SSSR count). The molecular formula is C16H25NO2S. The molecule has 1 heterocycles. The van der Waals surface area contributed by atoms with Gasteiger partial charge in [-0.3, -0.25) is 0 Å². The largest absolute Gasteiger partial charge is 0.393 e. The zero-order valence-electron chi connectivity index (χ0n) is 12.6. The smallest absolute Gasteiger partial charge is 0.0565 e. The van der Waals surface area contributed by atoms with Crippen LogP contribution in [-0.2, 0) is 15.1 Å². The molecule has 1 unspecified atom stereocenters. The molecule has 1 atom stereocenters. The van der Waals surface area contributed by atoms with E-state index >= 15 is 0 Å². The average molecular weight is 295 g/mol. The van der Waals surface area contributed by atoms with E-state index in [2.05, 4.69) is 26.6 Å². The molecule has 20 heavy (non-hydrogen) atoms. The fourth-order valence-corrected chi connectivity index (χ4v) is 4.11. The molecule has 0 aromatic heterocycles. The first-order valence-electron chi connectivity index (χ1n) is 7.12. The molecule has 1 saturated heterocycles. The van der Waals surface area contributed by atoms with E-state index in [0.29, 0.717) is 25.9 Å². The second-order valence-corrected chi connectivity index (χ2v) is 8.84. The zero-order chi connectivity index (χ0) is 15.0. The van der Waals surface area contributed by atoms with Crippen LogP contribution in [0.4, 0.5) is 0 Å². The maximum atomic E-state index is 12.9. The SMILES string of the molecule is C=S(=O)(c1ccc(C(C)(C)C)cc1)N1CCC(O)CC1. The summed E-state index contributed by atoms with van der Waals surface area (Å²) >= 11 is 0. The molecule has 112 valence electrons. The topological polar surface area (TPSA) is 40.5 Å². The van der Waals surface area contributed by atoms with Crippen molar-refractivity contribution in [2.24, 2.45) is 0 Å². The Kier molecular flexibility index (Phi) is 4.28. The third-order valence-electron chi connectivity index (χ3n) is 3.93. The Morgan fingerprint density at radius 2 is 1.70 bits per heavy atom. The number of piperidine rings is 1. The van der Waals surface area contributed by atoms with Gasteiger partial charge < -0.3 is 5.11 Å². The van der Waals surface area contributed by atoms with Crippen molar-refractivity contribution in [2.45, 2.75) is 50.0 Å². The third-order valence-corrected chi connectivity index (χ3v) is 6.14. The maximum Gasteiger partial charge on any atom is 0.0565 e. The van der Waals surface area contributed by atoms with Crippen molar-refractivity contribution in [3.63, 3.8) is 0 Å². The minimum atomic E-state index is -2.43. The van der Waals surface area contributed by atoms with E-state index in [1.807, 2.05) is 28.6 Å². The number of rotatable bonds is 2. The summed E-state index contributed by atoms with van der Waals surface area (Å²) in [5, 5.41) is 9.55. The van der Waals surface area contributed by atoms with E-state index in [1.54, 1.807) is 0 Å². The van der Waals surface area contributed by atoms with Gasteiger partial charge in [-0.05, 0) is 41.8 Å². The molecule has 0 saturated carbocycles. The molecule has 0 radical (unpaired) electrons. The molecule has 1 aromatic rings. The number of benzene rings is 1. The summed E-state index contributed by atoms with van der Waals surface area (Å²) in [6.07, 6.45) is 1.09. The van der Waals surface area contributed by atoms with Gasteiger partial charge in [-0.15, -0.1) is 0 Å². The predicted octanol–water partition coefficient (Wildman–Crippen LogP) is 2.43. The highest BCUT2D eigenvalue weighted by Crippen LogP contribution is 2.25. The van der Waals surface area contributed by atoms with Crippen LogP contribution in [0.3, 0.4) is 0 Å². The third kappa shape index (κ3) is 3.25. The molecular weight excluding hydrogens is 270 g/mol. The molecule has 1 aromatic carbocycles. The highest BCUT2D eigenvalue weighted by Gasteiger charge is 2.24. The normalized spacial score (nSPS) is 21.6. The van der Waals surface area contributed by atoms with Crippen LogP contribution in [0.5, 0.6) is 0 Å². The lowest BCUT2D eigenvalue weighted by Gasteiger charge is -2.32. The van der Waals surface area contributed by atoms with Gasteiger partial charge in [-0.1, -0.05) is 32.9 Å². The summed E-state index contributed by atoms with van der Waals surface area (Å²) < 4.78 is 14.9. The lowest BCUT2D eigenvalue weighted by atomic mass is 9.87. The van der Waals surface area contributed by atoms with Gasteiger partial charge >= 0.3 is 0 Å². The van der Waals surface area contributed by atoms with E-state index in [1.165, 1.54) is 5.56 Å². The van der Waals surface area contributed by atoms with Gasteiger partial charge in [0.25, 0.3) is 0 Å². The van der Waals surface area contributed by atoms with Crippen LogP contribution < -0.4 is 0 Å². The van der Waals surface area contributed by atoms with Gasteiger partial charge in [-0.2, -0.15) is 0 Å². The molecule has 0 bridgehead atoms. The van der Waals surface area contributed by atoms with Crippen LogP contribution in [-0.4, -0.2) is 38.7 Å². The summed E-state index contributed by atoms with van der Waals surface area (Å²) in [4.78, 5) is 0.780. The van der Waals surface area contributed by atoms with E-state index in [-0.39, 0.29) is 11.5 Å². The van der Waals surface area contributed by atoms with Crippen LogP contribution in [0.15, 0.2) is 29.2 Å². The second-order valence-electron chi connectivity index (χ2n) is 6.58. The van der Waals surface area contributed by atoms with Crippen LogP contribution in [0.1, 0.15) is 39.2 Å². The molecule has 0 amide bonds. The molecule has 0 aliphatic carbocycles. The van der Waals surface area contributed by atoms with Crippen molar-refractivity contribution in [1.29, 1.82) is 0 Å². The monoisotopic (exact) mass is 295 g/mol. The number of aliphatic hydroxyl groups is 1. The van der Waals surface area contributed by atoms with Crippen LogP contribution in [0.25, 0.3) is 0 Å². The Hall–Kier alpha value is -0.840.